The van der Waals surface area contributed by atoms with Crippen LogP contribution < -0.4 is 10.0 Å². The number of nitrogens with one attached hydrogen (secondary N) is 3. The van der Waals surface area contributed by atoms with E-state index in [2.05, 4.69) is 35.8 Å². The van der Waals surface area contributed by atoms with E-state index >= 15 is 0 Å². The van der Waals surface area contributed by atoms with Crippen molar-refractivity contribution in [2.75, 3.05) is 10.0 Å². The van der Waals surface area contributed by atoms with Crippen LogP contribution >= 0.6 is 0 Å². The number of fused-ring (bicyclic) bond motifs is 1. The van der Waals surface area contributed by atoms with Gasteiger partial charge in [-0.2, -0.15) is 5.26 Å². The van der Waals surface area contributed by atoms with Crippen molar-refractivity contribution in [3.8, 4) is 17.5 Å². The summed E-state index contributed by atoms with van der Waals surface area (Å²) in [6.45, 7) is 0. The van der Waals surface area contributed by atoms with Crippen LogP contribution in [0.4, 0.5) is 15.8 Å². The highest BCUT2D eigenvalue weighted by Crippen LogP contribution is 2.29. The van der Waals surface area contributed by atoms with Crippen molar-refractivity contribution in [1.29, 1.82) is 5.26 Å². The molecule has 5 aromatic rings. The number of halogens is 1. The number of hydrogen-bond donors (Lipinski definition) is 3. The summed E-state index contributed by atoms with van der Waals surface area (Å²) in [4.78, 5) is 12.9. The Kier molecular flexibility index (Phi) is 5.59. The van der Waals surface area contributed by atoms with E-state index in [1.807, 2.05) is 6.07 Å². The summed E-state index contributed by atoms with van der Waals surface area (Å²) < 4.78 is 46.1. The summed E-state index contributed by atoms with van der Waals surface area (Å²) in [5, 5.41) is 29.4. The minimum atomic E-state index is -4.02. The van der Waals surface area contributed by atoms with Gasteiger partial charge in [0.15, 0.2) is 17.1 Å². The Labute approximate surface area is 201 Å². The Morgan fingerprint density at radius 2 is 1.89 bits per heavy atom. The second kappa shape index (κ2) is 8.89. The normalized spacial score (nSPS) is 11.2. The van der Waals surface area contributed by atoms with Gasteiger partial charge in [-0.1, -0.05) is 5.16 Å². The van der Waals surface area contributed by atoms with E-state index in [-0.39, 0.29) is 33.1 Å². The highest BCUT2D eigenvalue weighted by Gasteiger charge is 2.21. The Balaban J connectivity index is 1.45. The molecule has 0 atom stereocenters. The molecule has 2 heterocycles. The molecule has 0 fully saturated rings. The minimum Gasteiger partial charge on any atom is -0.355 e. The molecule has 0 aliphatic carbocycles. The summed E-state index contributed by atoms with van der Waals surface area (Å²) in [6.07, 6.45) is 0. The Hall–Kier alpha value is -5.16. The zero-order chi connectivity index (χ0) is 25.3. The molecule has 0 saturated heterocycles. The van der Waals surface area contributed by atoms with E-state index in [4.69, 9.17) is 4.52 Å². The number of carbonyl (C=O) groups is 1. The average molecular weight is 504 g/mol. The van der Waals surface area contributed by atoms with Crippen molar-refractivity contribution in [2.45, 2.75) is 4.90 Å². The second-order valence-corrected chi connectivity index (χ2v) is 9.06. The quantitative estimate of drug-likeness (QED) is 0.313. The van der Waals surface area contributed by atoms with E-state index in [1.54, 1.807) is 0 Å². The van der Waals surface area contributed by atoms with Crippen LogP contribution in [0, 0.1) is 17.1 Å². The standard InChI is InChI=1S/C22H13FN8O4S/c23-13-2-5-15(6-3-13)36(33,34)29-14-4-8-19-17(10-14)20(28-35-19)22(32)25-18-7-1-12(11-24)9-16(18)21-26-30-31-27-21/h1-10,29H,(H,25,32)(H,26,27,30,31). The average Bonchev–Trinajstić information content (AvgIpc) is 3.54. The largest absolute Gasteiger partial charge is 0.355 e. The van der Waals surface area contributed by atoms with Gasteiger partial charge in [-0.05, 0) is 71.1 Å². The molecule has 0 bridgehead atoms. The maximum Gasteiger partial charge on any atom is 0.278 e. The summed E-state index contributed by atoms with van der Waals surface area (Å²) in [7, 11) is -4.02. The number of tetrazole rings is 1. The number of amides is 1. The van der Waals surface area contributed by atoms with Gasteiger partial charge in [0.05, 0.1) is 27.6 Å². The summed E-state index contributed by atoms with van der Waals surface area (Å²) in [5.74, 6) is -1.00. The highest BCUT2D eigenvalue weighted by molar-refractivity contribution is 7.92. The lowest BCUT2D eigenvalue weighted by atomic mass is 10.1. The van der Waals surface area contributed by atoms with Crippen LogP contribution in [0.15, 0.2) is 70.1 Å². The zero-order valence-corrected chi connectivity index (χ0v) is 18.7. The summed E-state index contributed by atoms with van der Waals surface area (Å²) in [5.41, 5.74) is 1.25. The number of H-pyrrole nitrogens is 1. The molecule has 0 radical (unpaired) electrons. The fourth-order valence-electron chi connectivity index (χ4n) is 3.37. The summed E-state index contributed by atoms with van der Waals surface area (Å²) in [6, 6.07) is 15.1. The number of sulfonamides is 1. The van der Waals surface area contributed by atoms with Crippen molar-refractivity contribution in [2.24, 2.45) is 0 Å². The van der Waals surface area contributed by atoms with Crippen LogP contribution in [0.3, 0.4) is 0 Å². The molecule has 1 amide bonds. The van der Waals surface area contributed by atoms with Crippen molar-refractivity contribution in [3.63, 3.8) is 0 Å². The molecule has 0 unspecified atom stereocenters. The maximum atomic E-state index is 13.2. The number of anilines is 2. The van der Waals surface area contributed by atoms with E-state index in [0.29, 0.717) is 16.8 Å². The topological polar surface area (TPSA) is 180 Å². The van der Waals surface area contributed by atoms with E-state index < -0.39 is 21.7 Å². The van der Waals surface area contributed by atoms with Gasteiger partial charge >= 0.3 is 0 Å². The van der Waals surface area contributed by atoms with Gasteiger partial charge in [0, 0.05) is 11.3 Å². The van der Waals surface area contributed by atoms with Crippen LogP contribution in [-0.4, -0.2) is 40.1 Å². The van der Waals surface area contributed by atoms with Crippen molar-refractivity contribution >= 4 is 38.3 Å². The highest BCUT2D eigenvalue weighted by atomic mass is 32.2. The minimum absolute atomic E-state index is 0.112. The first kappa shape index (κ1) is 22.6. The van der Waals surface area contributed by atoms with Crippen LogP contribution in [0.5, 0.6) is 0 Å². The van der Waals surface area contributed by atoms with Crippen molar-refractivity contribution < 1.29 is 22.1 Å². The number of nitrogens with zero attached hydrogens (tertiary/aromatic N) is 5. The first-order chi connectivity index (χ1) is 17.3. The summed E-state index contributed by atoms with van der Waals surface area (Å²) >= 11 is 0. The van der Waals surface area contributed by atoms with Gasteiger partial charge in [-0.3, -0.25) is 9.52 Å². The molecule has 2 aromatic heterocycles. The molecule has 0 aliphatic heterocycles. The molecular formula is C22H13FN8O4S. The second-order valence-electron chi connectivity index (χ2n) is 7.38. The van der Waals surface area contributed by atoms with Crippen molar-refractivity contribution in [1.82, 2.24) is 25.8 Å². The number of aromatic amines is 1. The fourth-order valence-corrected chi connectivity index (χ4v) is 4.42. The fraction of sp³-hybridized carbons (Fsp3) is 0. The molecule has 14 heteroatoms. The van der Waals surface area contributed by atoms with Gasteiger partial charge in [-0.25, -0.2) is 17.9 Å². The number of nitriles is 1. The lowest BCUT2D eigenvalue weighted by molar-refractivity contribution is 0.102. The molecule has 3 aromatic carbocycles. The van der Waals surface area contributed by atoms with Crippen LogP contribution in [0.2, 0.25) is 0 Å². The number of rotatable bonds is 6. The lowest BCUT2D eigenvalue weighted by Crippen LogP contribution is -2.14. The third-order valence-electron chi connectivity index (χ3n) is 5.06. The van der Waals surface area contributed by atoms with Gasteiger partial charge in [0.25, 0.3) is 15.9 Å². The third kappa shape index (κ3) is 4.33. The Morgan fingerprint density at radius 1 is 1.08 bits per heavy atom. The van der Waals surface area contributed by atoms with Gasteiger partial charge in [-0.15, -0.1) is 5.10 Å². The molecule has 12 nitrogen and oxygen atoms in total. The van der Waals surface area contributed by atoms with Crippen LogP contribution in [0.1, 0.15) is 16.1 Å². The zero-order valence-electron chi connectivity index (χ0n) is 17.9. The molecule has 3 N–H and O–H groups in total. The monoisotopic (exact) mass is 504 g/mol. The number of carbonyl (C=O) groups excluding carboxylic acids is 1. The smallest absolute Gasteiger partial charge is 0.278 e. The molecule has 178 valence electrons. The molecule has 0 aliphatic rings. The molecule has 0 saturated carbocycles. The van der Waals surface area contributed by atoms with Gasteiger partial charge in [0.2, 0.25) is 0 Å². The third-order valence-corrected chi connectivity index (χ3v) is 6.46. The van der Waals surface area contributed by atoms with E-state index in [0.717, 1.165) is 24.3 Å². The number of hydrogen-bond acceptors (Lipinski definition) is 9. The number of aromatic nitrogens is 5. The first-order valence-electron chi connectivity index (χ1n) is 10.1. The van der Waals surface area contributed by atoms with E-state index in [9.17, 15) is 22.9 Å². The van der Waals surface area contributed by atoms with Gasteiger partial charge < -0.3 is 9.84 Å². The SMILES string of the molecule is N#Cc1ccc(NC(=O)c2noc3ccc(NS(=O)(=O)c4ccc(F)cc4)cc23)c(-c2nnn[nH]2)c1. The lowest BCUT2D eigenvalue weighted by Gasteiger charge is -2.09. The predicted octanol–water partition coefficient (Wildman–Crippen LogP) is 3.07. The Bertz CT molecular complexity index is 1740. The molecule has 36 heavy (non-hydrogen) atoms. The van der Waals surface area contributed by atoms with Gasteiger partial charge in [0.1, 0.15) is 5.82 Å². The number of benzene rings is 3. The van der Waals surface area contributed by atoms with Crippen LogP contribution in [-0.2, 0) is 10.0 Å². The van der Waals surface area contributed by atoms with Crippen LogP contribution in [0.25, 0.3) is 22.4 Å². The maximum absolute atomic E-state index is 13.2. The Morgan fingerprint density at radius 3 is 2.61 bits per heavy atom. The van der Waals surface area contributed by atoms with E-state index in [1.165, 1.54) is 36.4 Å². The molecule has 5 rings (SSSR count). The molecule has 0 spiro atoms. The predicted molar refractivity (Wildman–Crippen MR) is 123 cm³/mol. The molecular weight excluding hydrogens is 491 g/mol. The van der Waals surface area contributed by atoms with Crippen molar-refractivity contribution in [3.05, 3.63) is 77.7 Å². The first-order valence-corrected chi connectivity index (χ1v) is 11.6.